The lowest BCUT2D eigenvalue weighted by atomic mass is 9.46. The summed E-state index contributed by atoms with van der Waals surface area (Å²) in [6, 6.07) is 0. The molecule has 0 spiro atoms. The van der Waals surface area contributed by atoms with Gasteiger partial charge in [0.25, 0.3) is 0 Å². The zero-order valence-electron chi connectivity index (χ0n) is 15.3. The van der Waals surface area contributed by atoms with Crippen molar-refractivity contribution in [2.24, 2.45) is 34.5 Å². The minimum Gasteiger partial charge on any atom is -0.393 e. The van der Waals surface area contributed by atoms with Crippen LogP contribution in [0.15, 0.2) is 11.6 Å². The predicted molar refractivity (Wildman–Crippen MR) is 93.7 cm³/mol. The molecule has 0 aliphatic heterocycles. The number of hydrogen-bond acceptors (Lipinski definition) is 4. The van der Waals surface area contributed by atoms with Gasteiger partial charge in [0.15, 0.2) is 11.6 Å². The molecule has 0 unspecified atom stereocenters. The number of ketones is 2. The van der Waals surface area contributed by atoms with Gasteiger partial charge in [-0.05, 0) is 73.2 Å². The fourth-order valence-electron chi connectivity index (χ4n) is 7.33. The summed E-state index contributed by atoms with van der Waals surface area (Å²) in [5.74, 6) is 1.12. The van der Waals surface area contributed by atoms with Gasteiger partial charge in [0, 0.05) is 12.3 Å². The van der Waals surface area contributed by atoms with Gasteiger partial charge in [-0.15, -0.1) is 0 Å². The van der Waals surface area contributed by atoms with Crippen molar-refractivity contribution < 1.29 is 19.8 Å². The van der Waals surface area contributed by atoms with Gasteiger partial charge in [-0.3, -0.25) is 9.59 Å². The Bertz CT molecular complexity index is 638. The highest BCUT2D eigenvalue weighted by Gasteiger charge is 2.62. The molecule has 0 aromatic heterocycles. The van der Waals surface area contributed by atoms with Gasteiger partial charge in [-0.2, -0.15) is 0 Å². The first kappa shape index (κ1) is 17.4. The first-order valence-electron chi connectivity index (χ1n) is 9.87. The lowest BCUT2D eigenvalue weighted by Crippen LogP contribution is -2.57. The number of allylic oxidation sites excluding steroid dienone is 1. The SMILES string of the molecule is C[C@]12C[C@@H](O)[C@H]3[C@@H](CCC4=CC(=O)CC[C@@]43C)[C@@H]1CC[C@@H]2C(=O)CO. The Kier molecular flexibility index (Phi) is 4.01. The Morgan fingerprint density at radius 3 is 2.72 bits per heavy atom. The molecular formula is C21H30O4. The van der Waals surface area contributed by atoms with Crippen molar-refractivity contribution in [1.29, 1.82) is 0 Å². The molecule has 7 atom stereocenters. The molecular weight excluding hydrogens is 316 g/mol. The van der Waals surface area contributed by atoms with Gasteiger partial charge in [0.1, 0.15) is 6.61 Å². The molecule has 3 fully saturated rings. The normalized spacial score (nSPS) is 49.0. The number of fused-ring (bicyclic) bond motifs is 5. The Balaban J connectivity index is 1.70. The molecule has 0 saturated heterocycles. The molecule has 4 aliphatic carbocycles. The van der Waals surface area contributed by atoms with E-state index in [1.165, 1.54) is 5.57 Å². The van der Waals surface area contributed by atoms with E-state index in [0.717, 1.165) is 32.1 Å². The summed E-state index contributed by atoms with van der Waals surface area (Å²) in [5, 5.41) is 20.5. The molecule has 0 bridgehead atoms. The van der Waals surface area contributed by atoms with Crippen LogP contribution < -0.4 is 0 Å². The van der Waals surface area contributed by atoms with Crippen LogP contribution in [0.3, 0.4) is 0 Å². The van der Waals surface area contributed by atoms with Crippen molar-refractivity contribution in [2.45, 2.75) is 64.9 Å². The summed E-state index contributed by atoms with van der Waals surface area (Å²) < 4.78 is 0. The number of rotatable bonds is 2. The quantitative estimate of drug-likeness (QED) is 0.806. The van der Waals surface area contributed by atoms with Gasteiger partial charge in [0.2, 0.25) is 0 Å². The van der Waals surface area contributed by atoms with Crippen molar-refractivity contribution in [3.05, 3.63) is 11.6 Å². The molecule has 4 nitrogen and oxygen atoms in total. The molecule has 0 radical (unpaired) electrons. The zero-order valence-corrected chi connectivity index (χ0v) is 15.3. The molecule has 3 saturated carbocycles. The monoisotopic (exact) mass is 346 g/mol. The van der Waals surface area contributed by atoms with E-state index in [-0.39, 0.29) is 40.8 Å². The highest BCUT2D eigenvalue weighted by Crippen LogP contribution is 2.66. The van der Waals surface area contributed by atoms with Crippen molar-refractivity contribution in [1.82, 2.24) is 0 Å². The Labute approximate surface area is 149 Å². The average molecular weight is 346 g/mol. The van der Waals surface area contributed by atoms with Gasteiger partial charge in [0.05, 0.1) is 6.10 Å². The van der Waals surface area contributed by atoms with Crippen molar-refractivity contribution in [3.8, 4) is 0 Å². The maximum atomic E-state index is 12.3. The largest absolute Gasteiger partial charge is 0.393 e. The van der Waals surface area contributed by atoms with E-state index in [2.05, 4.69) is 13.8 Å². The summed E-state index contributed by atoms with van der Waals surface area (Å²) in [4.78, 5) is 24.2. The second-order valence-corrected chi connectivity index (χ2v) is 9.42. The molecule has 4 aliphatic rings. The molecule has 4 rings (SSSR count). The van der Waals surface area contributed by atoms with Crippen LogP contribution in [0.1, 0.15) is 58.8 Å². The topological polar surface area (TPSA) is 74.6 Å². The molecule has 0 amide bonds. The van der Waals surface area contributed by atoms with Crippen LogP contribution in [0.25, 0.3) is 0 Å². The summed E-state index contributed by atoms with van der Waals surface area (Å²) in [6.07, 6.45) is 7.32. The highest BCUT2D eigenvalue weighted by molar-refractivity contribution is 5.91. The maximum absolute atomic E-state index is 12.3. The van der Waals surface area contributed by atoms with E-state index in [0.29, 0.717) is 24.7 Å². The summed E-state index contributed by atoms with van der Waals surface area (Å²) >= 11 is 0. The molecule has 0 aromatic carbocycles. The summed E-state index contributed by atoms with van der Waals surface area (Å²) in [5.41, 5.74) is 0.979. The lowest BCUT2D eigenvalue weighted by Gasteiger charge is -2.59. The first-order valence-corrected chi connectivity index (χ1v) is 9.87. The van der Waals surface area contributed by atoms with Crippen molar-refractivity contribution in [2.75, 3.05) is 6.61 Å². The summed E-state index contributed by atoms with van der Waals surface area (Å²) in [7, 11) is 0. The molecule has 2 N–H and O–H groups in total. The van der Waals surface area contributed by atoms with Crippen LogP contribution in [0.2, 0.25) is 0 Å². The van der Waals surface area contributed by atoms with E-state index < -0.39 is 6.10 Å². The van der Waals surface area contributed by atoms with E-state index in [4.69, 9.17) is 0 Å². The third-order valence-electron chi connectivity index (χ3n) is 8.44. The van der Waals surface area contributed by atoms with Crippen molar-refractivity contribution in [3.63, 3.8) is 0 Å². The van der Waals surface area contributed by atoms with Crippen LogP contribution in [-0.2, 0) is 9.59 Å². The fraction of sp³-hybridized carbons (Fsp3) is 0.810. The van der Waals surface area contributed by atoms with Crippen LogP contribution in [0.5, 0.6) is 0 Å². The van der Waals surface area contributed by atoms with Gasteiger partial charge < -0.3 is 10.2 Å². The molecule has 138 valence electrons. The smallest absolute Gasteiger partial charge is 0.161 e. The van der Waals surface area contributed by atoms with E-state index >= 15 is 0 Å². The minimum absolute atomic E-state index is 0.0541. The van der Waals surface area contributed by atoms with Crippen LogP contribution >= 0.6 is 0 Å². The fourth-order valence-corrected chi connectivity index (χ4v) is 7.33. The van der Waals surface area contributed by atoms with Crippen LogP contribution in [0, 0.1) is 34.5 Å². The first-order chi connectivity index (χ1) is 11.8. The number of aliphatic hydroxyl groups is 2. The van der Waals surface area contributed by atoms with Crippen LogP contribution in [-0.4, -0.2) is 34.5 Å². The molecule has 0 heterocycles. The van der Waals surface area contributed by atoms with Crippen molar-refractivity contribution >= 4 is 11.6 Å². The highest BCUT2D eigenvalue weighted by atomic mass is 16.3. The van der Waals surface area contributed by atoms with Gasteiger partial charge in [-0.1, -0.05) is 19.4 Å². The lowest BCUT2D eigenvalue weighted by molar-refractivity contribution is -0.146. The number of aliphatic hydroxyl groups excluding tert-OH is 2. The Morgan fingerprint density at radius 2 is 2.00 bits per heavy atom. The number of carbonyl (C=O) groups is 2. The molecule has 25 heavy (non-hydrogen) atoms. The standard InChI is InChI=1S/C21H30O4/c1-20-8-7-13(23)9-12(20)3-4-14-15-5-6-16(18(25)11-22)21(15,2)10-17(24)19(14)20/h9,14-17,19,22,24H,3-8,10-11H2,1-2H3/t14-,15-,16+,17+,19+,20-,21-/m0/s1. The summed E-state index contributed by atoms with van der Waals surface area (Å²) in [6.45, 7) is 4.03. The zero-order chi connectivity index (χ0) is 18.0. The van der Waals surface area contributed by atoms with E-state index in [1.807, 2.05) is 6.08 Å². The van der Waals surface area contributed by atoms with Gasteiger partial charge >= 0.3 is 0 Å². The van der Waals surface area contributed by atoms with E-state index in [9.17, 15) is 19.8 Å². The predicted octanol–water partition coefficient (Wildman–Crippen LogP) is 2.67. The average Bonchev–Trinajstić information content (AvgIpc) is 2.91. The second kappa shape index (κ2) is 5.75. The number of Topliss-reactive ketones (excluding diaryl/α,β-unsaturated/α-hetero) is 1. The third kappa shape index (κ3) is 2.33. The Hall–Kier alpha value is -1.00. The maximum Gasteiger partial charge on any atom is 0.161 e. The second-order valence-electron chi connectivity index (χ2n) is 9.42. The molecule has 0 aromatic rings. The number of hydrogen-bond donors (Lipinski definition) is 2. The van der Waals surface area contributed by atoms with Crippen LogP contribution in [0.4, 0.5) is 0 Å². The van der Waals surface area contributed by atoms with E-state index in [1.54, 1.807) is 0 Å². The third-order valence-corrected chi connectivity index (χ3v) is 8.44. The minimum atomic E-state index is -0.430. The Morgan fingerprint density at radius 1 is 1.24 bits per heavy atom. The number of carbonyl (C=O) groups excluding carboxylic acids is 2. The molecule has 4 heteroatoms. The van der Waals surface area contributed by atoms with Gasteiger partial charge in [-0.25, -0.2) is 0 Å².